The smallest absolute Gasteiger partial charge is 0.196 e. The molecule has 1 unspecified atom stereocenters. The summed E-state index contributed by atoms with van der Waals surface area (Å²) in [7, 11) is 3.30. The third-order valence-corrected chi connectivity index (χ3v) is 5.06. The van der Waals surface area contributed by atoms with Crippen molar-refractivity contribution in [3.8, 4) is 11.5 Å². The minimum absolute atomic E-state index is 0.175. The molecule has 27 heavy (non-hydrogen) atoms. The van der Waals surface area contributed by atoms with Crippen molar-refractivity contribution in [2.75, 3.05) is 20.8 Å². The minimum atomic E-state index is -0.244. The summed E-state index contributed by atoms with van der Waals surface area (Å²) in [6.07, 6.45) is 2.72. The molecule has 4 rings (SSSR count). The van der Waals surface area contributed by atoms with Gasteiger partial charge in [0.05, 0.1) is 19.9 Å². The fraction of sp³-hybridized carbons (Fsp3) is 0.286. The van der Waals surface area contributed by atoms with E-state index in [1.165, 1.54) is 17.7 Å². The van der Waals surface area contributed by atoms with E-state index in [4.69, 9.17) is 14.5 Å². The summed E-state index contributed by atoms with van der Waals surface area (Å²) in [6.45, 7) is 2.80. The number of fused-ring (bicyclic) bond motifs is 3. The second kappa shape index (κ2) is 6.95. The Kier molecular flexibility index (Phi) is 4.48. The van der Waals surface area contributed by atoms with Crippen LogP contribution in [0.1, 0.15) is 23.6 Å². The highest BCUT2D eigenvalue weighted by Gasteiger charge is 2.32. The minimum Gasteiger partial charge on any atom is -0.493 e. The Morgan fingerprint density at radius 3 is 2.56 bits per heavy atom. The van der Waals surface area contributed by atoms with Gasteiger partial charge >= 0.3 is 0 Å². The van der Waals surface area contributed by atoms with E-state index in [1.54, 1.807) is 26.4 Å². The molecule has 6 heteroatoms. The zero-order valence-corrected chi connectivity index (χ0v) is 15.6. The van der Waals surface area contributed by atoms with Gasteiger partial charge in [0.25, 0.3) is 0 Å². The van der Waals surface area contributed by atoms with Crippen LogP contribution in [-0.2, 0) is 6.42 Å². The highest BCUT2D eigenvalue weighted by molar-refractivity contribution is 5.98. The van der Waals surface area contributed by atoms with Crippen LogP contribution in [0.5, 0.6) is 11.5 Å². The molecule has 0 bridgehead atoms. The van der Waals surface area contributed by atoms with Crippen molar-refractivity contribution in [2.24, 2.45) is 4.99 Å². The van der Waals surface area contributed by atoms with Crippen molar-refractivity contribution < 1.29 is 13.9 Å². The van der Waals surface area contributed by atoms with Crippen LogP contribution in [0.3, 0.4) is 0 Å². The van der Waals surface area contributed by atoms with Crippen LogP contribution < -0.4 is 14.8 Å². The zero-order valence-electron chi connectivity index (χ0n) is 15.6. The van der Waals surface area contributed by atoms with Gasteiger partial charge in [0.1, 0.15) is 5.82 Å². The summed E-state index contributed by atoms with van der Waals surface area (Å²) in [5, 5.41) is 3.35. The molecule has 0 spiro atoms. The summed E-state index contributed by atoms with van der Waals surface area (Å²) in [6, 6.07) is 10.5. The fourth-order valence-corrected chi connectivity index (χ4v) is 3.60. The second-order valence-corrected chi connectivity index (χ2v) is 6.60. The summed E-state index contributed by atoms with van der Waals surface area (Å²) in [5.41, 5.74) is 5.23. The van der Waals surface area contributed by atoms with Gasteiger partial charge in [-0.15, -0.1) is 0 Å². The Morgan fingerprint density at radius 2 is 1.85 bits per heavy atom. The van der Waals surface area contributed by atoms with Crippen LogP contribution in [-0.4, -0.2) is 37.7 Å². The number of ether oxygens (including phenoxy) is 2. The van der Waals surface area contributed by atoms with Crippen LogP contribution in [0.4, 0.5) is 4.39 Å². The van der Waals surface area contributed by atoms with Gasteiger partial charge in [-0.3, -0.25) is 0 Å². The summed E-state index contributed by atoms with van der Waals surface area (Å²) >= 11 is 0. The predicted molar refractivity (Wildman–Crippen MR) is 103 cm³/mol. The molecule has 2 aliphatic rings. The van der Waals surface area contributed by atoms with Gasteiger partial charge < -0.3 is 19.7 Å². The first-order valence-electron chi connectivity index (χ1n) is 8.89. The van der Waals surface area contributed by atoms with E-state index in [1.807, 2.05) is 25.3 Å². The Labute approximate surface area is 158 Å². The maximum atomic E-state index is 13.1. The standard InChI is InChI=1S/C21H22FN3O2/c1-13(14-4-6-16(22)7-5-14)24-21-23-12-18-17-11-20(27-3)19(26-2)10-15(17)8-9-25(18)21/h4-7,10-12,21,23H,8-9H2,1-3H3/b24-13+. The van der Waals surface area contributed by atoms with Crippen LogP contribution in [0.15, 0.2) is 47.6 Å². The first kappa shape index (κ1) is 17.4. The zero-order chi connectivity index (χ0) is 19.0. The first-order valence-corrected chi connectivity index (χ1v) is 8.89. The molecular formula is C21H22FN3O2. The van der Waals surface area contributed by atoms with Gasteiger partial charge in [-0.1, -0.05) is 12.1 Å². The first-order chi connectivity index (χ1) is 13.1. The highest BCUT2D eigenvalue weighted by Crippen LogP contribution is 2.39. The van der Waals surface area contributed by atoms with E-state index < -0.39 is 0 Å². The monoisotopic (exact) mass is 367 g/mol. The van der Waals surface area contributed by atoms with E-state index in [0.717, 1.165) is 41.3 Å². The average Bonchev–Trinajstić information content (AvgIpc) is 3.10. The Hall–Kier alpha value is -3.02. The number of benzene rings is 2. The molecule has 2 aromatic carbocycles. The lowest BCUT2D eigenvalue weighted by atomic mass is 9.96. The molecule has 2 aliphatic heterocycles. The third kappa shape index (κ3) is 3.12. The van der Waals surface area contributed by atoms with Gasteiger partial charge in [-0.2, -0.15) is 0 Å². The van der Waals surface area contributed by atoms with Gasteiger partial charge in [0.2, 0.25) is 0 Å². The van der Waals surface area contributed by atoms with Crippen molar-refractivity contribution in [3.05, 3.63) is 65.1 Å². The topological polar surface area (TPSA) is 46.1 Å². The van der Waals surface area contributed by atoms with Crippen molar-refractivity contribution in [1.82, 2.24) is 10.2 Å². The molecule has 1 atom stereocenters. The molecule has 2 aromatic rings. The number of hydrogen-bond acceptors (Lipinski definition) is 5. The van der Waals surface area contributed by atoms with E-state index in [-0.39, 0.29) is 12.1 Å². The quantitative estimate of drug-likeness (QED) is 0.842. The lowest BCUT2D eigenvalue weighted by Crippen LogP contribution is -2.39. The summed E-state index contributed by atoms with van der Waals surface area (Å²) < 4.78 is 24.0. The molecule has 0 aliphatic carbocycles. The lowest BCUT2D eigenvalue weighted by Gasteiger charge is -2.32. The predicted octanol–water partition coefficient (Wildman–Crippen LogP) is 3.40. The Balaban J connectivity index is 1.61. The molecule has 0 saturated carbocycles. The molecule has 2 heterocycles. The number of aliphatic imine (C=N–C) groups is 1. The Bertz CT molecular complexity index is 922. The second-order valence-electron chi connectivity index (χ2n) is 6.60. The lowest BCUT2D eigenvalue weighted by molar-refractivity contribution is 0.297. The number of hydrogen-bond donors (Lipinski definition) is 1. The average molecular weight is 367 g/mol. The molecule has 1 N–H and O–H groups in total. The van der Waals surface area contributed by atoms with Crippen molar-refractivity contribution in [3.63, 3.8) is 0 Å². The van der Waals surface area contributed by atoms with Gasteiger partial charge in [-0.25, -0.2) is 9.38 Å². The molecule has 0 saturated heterocycles. The van der Waals surface area contributed by atoms with Crippen LogP contribution in [0, 0.1) is 5.82 Å². The van der Waals surface area contributed by atoms with Gasteiger partial charge in [-0.05, 0) is 48.7 Å². The van der Waals surface area contributed by atoms with Gasteiger partial charge in [0.15, 0.2) is 17.8 Å². The maximum absolute atomic E-state index is 13.1. The number of nitrogens with zero attached hydrogens (tertiary/aromatic N) is 2. The maximum Gasteiger partial charge on any atom is 0.196 e. The normalized spacial score (nSPS) is 18.4. The molecule has 0 aromatic heterocycles. The van der Waals surface area contributed by atoms with E-state index in [2.05, 4.69) is 10.2 Å². The van der Waals surface area contributed by atoms with Crippen LogP contribution in [0.25, 0.3) is 5.70 Å². The number of halogens is 1. The van der Waals surface area contributed by atoms with E-state index in [0.29, 0.717) is 5.75 Å². The molecular weight excluding hydrogens is 345 g/mol. The van der Waals surface area contributed by atoms with Crippen LogP contribution in [0.2, 0.25) is 0 Å². The SMILES string of the molecule is COc1cc2c(cc1OC)C1=CNC(/N=C(\C)c3ccc(F)cc3)N1CC2. The number of methoxy groups -OCH3 is 2. The fourth-order valence-electron chi connectivity index (χ4n) is 3.60. The van der Waals surface area contributed by atoms with E-state index in [9.17, 15) is 4.39 Å². The molecule has 5 nitrogen and oxygen atoms in total. The summed E-state index contributed by atoms with van der Waals surface area (Å²) in [4.78, 5) is 7.05. The van der Waals surface area contributed by atoms with Crippen molar-refractivity contribution in [1.29, 1.82) is 0 Å². The largest absolute Gasteiger partial charge is 0.493 e. The van der Waals surface area contributed by atoms with Gasteiger partial charge in [0, 0.05) is 24.0 Å². The third-order valence-electron chi connectivity index (χ3n) is 5.06. The van der Waals surface area contributed by atoms with E-state index >= 15 is 0 Å². The van der Waals surface area contributed by atoms with Crippen molar-refractivity contribution in [2.45, 2.75) is 19.6 Å². The van der Waals surface area contributed by atoms with Crippen LogP contribution >= 0.6 is 0 Å². The molecule has 0 amide bonds. The number of rotatable bonds is 4. The molecule has 140 valence electrons. The highest BCUT2D eigenvalue weighted by atomic mass is 19.1. The summed E-state index contributed by atoms with van der Waals surface area (Å²) in [5.74, 6) is 1.22. The molecule has 0 fully saturated rings. The molecule has 0 radical (unpaired) electrons. The number of nitrogens with one attached hydrogen (secondary N) is 1. The van der Waals surface area contributed by atoms with Crippen molar-refractivity contribution >= 4 is 11.4 Å². The Morgan fingerprint density at radius 1 is 1.15 bits per heavy atom.